The Morgan fingerprint density at radius 1 is 1.24 bits per heavy atom. The van der Waals surface area contributed by atoms with E-state index in [1.807, 2.05) is 31.1 Å². The molecule has 2 rings (SSSR count). The van der Waals surface area contributed by atoms with Crippen LogP contribution >= 0.6 is 0 Å². The predicted molar refractivity (Wildman–Crippen MR) is 78.5 cm³/mol. The van der Waals surface area contributed by atoms with E-state index in [0.29, 0.717) is 5.56 Å². The van der Waals surface area contributed by atoms with Crippen molar-refractivity contribution in [1.82, 2.24) is 9.78 Å². The lowest BCUT2D eigenvalue weighted by Crippen LogP contribution is -2.17. The van der Waals surface area contributed by atoms with Crippen molar-refractivity contribution < 1.29 is 14.3 Å². The van der Waals surface area contributed by atoms with E-state index in [1.54, 1.807) is 12.1 Å². The number of hydrogen-bond acceptors (Lipinski definition) is 6. The third-order valence-corrected chi connectivity index (χ3v) is 3.03. The molecule has 2 N–H and O–H groups in total. The molecule has 1 heterocycles. The Morgan fingerprint density at radius 2 is 1.86 bits per heavy atom. The van der Waals surface area contributed by atoms with Crippen molar-refractivity contribution in [3.8, 4) is 0 Å². The monoisotopic (exact) mass is 288 g/mol. The SMILES string of the molecule is COC(=O)c1cnn(C(=O)c2ccc(N(C)C)cc2)c1N. The van der Waals surface area contributed by atoms with Crippen LogP contribution in [0.1, 0.15) is 20.7 Å². The van der Waals surface area contributed by atoms with Gasteiger partial charge in [0.2, 0.25) is 0 Å². The van der Waals surface area contributed by atoms with E-state index in [2.05, 4.69) is 9.84 Å². The number of hydrogen-bond donors (Lipinski definition) is 1. The van der Waals surface area contributed by atoms with Gasteiger partial charge >= 0.3 is 5.97 Å². The van der Waals surface area contributed by atoms with Crippen molar-refractivity contribution in [3.63, 3.8) is 0 Å². The molecule has 0 unspecified atom stereocenters. The van der Waals surface area contributed by atoms with Crippen LogP contribution < -0.4 is 10.6 Å². The topological polar surface area (TPSA) is 90.4 Å². The standard InChI is InChI=1S/C14H16N4O3/c1-17(2)10-6-4-9(5-7-10)13(19)18-12(15)11(8-16-18)14(20)21-3/h4-8H,15H2,1-3H3. The maximum absolute atomic E-state index is 12.3. The van der Waals surface area contributed by atoms with Crippen LogP contribution in [0.25, 0.3) is 0 Å². The fourth-order valence-electron chi connectivity index (χ4n) is 1.81. The number of carbonyl (C=O) groups excluding carboxylic acids is 2. The minimum Gasteiger partial charge on any atom is -0.465 e. The lowest BCUT2D eigenvalue weighted by atomic mass is 10.2. The van der Waals surface area contributed by atoms with Crippen molar-refractivity contribution in [3.05, 3.63) is 41.6 Å². The molecular weight excluding hydrogens is 272 g/mol. The molecule has 0 saturated heterocycles. The second-order valence-electron chi connectivity index (χ2n) is 4.59. The molecule has 0 atom stereocenters. The van der Waals surface area contributed by atoms with Crippen molar-refractivity contribution in [2.45, 2.75) is 0 Å². The molecule has 1 aromatic heterocycles. The molecule has 0 spiro atoms. The summed E-state index contributed by atoms with van der Waals surface area (Å²) < 4.78 is 5.55. The van der Waals surface area contributed by atoms with Crippen LogP contribution in [-0.2, 0) is 4.74 Å². The molecule has 7 nitrogen and oxygen atoms in total. The first-order valence-corrected chi connectivity index (χ1v) is 6.19. The Bertz CT molecular complexity index is 674. The Kier molecular flexibility index (Phi) is 3.93. The normalized spacial score (nSPS) is 10.2. The Morgan fingerprint density at radius 3 is 2.38 bits per heavy atom. The number of esters is 1. The van der Waals surface area contributed by atoms with Crippen LogP contribution in [-0.4, -0.2) is 42.9 Å². The average molecular weight is 288 g/mol. The molecule has 21 heavy (non-hydrogen) atoms. The highest BCUT2D eigenvalue weighted by Crippen LogP contribution is 2.17. The Balaban J connectivity index is 2.32. The van der Waals surface area contributed by atoms with Gasteiger partial charge in [-0.25, -0.2) is 4.79 Å². The van der Waals surface area contributed by atoms with E-state index in [4.69, 9.17) is 5.73 Å². The molecule has 0 fully saturated rings. The van der Waals surface area contributed by atoms with Gasteiger partial charge in [0.15, 0.2) is 0 Å². The van der Waals surface area contributed by atoms with E-state index in [0.717, 1.165) is 10.4 Å². The zero-order valence-electron chi connectivity index (χ0n) is 12.0. The van der Waals surface area contributed by atoms with E-state index in [-0.39, 0.29) is 11.4 Å². The zero-order chi connectivity index (χ0) is 15.6. The van der Waals surface area contributed by atoms with Crippen molar-refractivity contribution in [2.24, 2.45) is 0 Å². The van der Waals surface area contributed by atoms with Crippen molar-refractivity contribution in [2.75, 3.05) is 31.8 Å². The quantitative estimate of drug-likeness (QED) is 0.848. The van der Waals surface area contributed by atoms with Gasteiger partial charge < -0.3 is 15.4 Å². The summed E-state index contributed by atoms with van der Waals surface area (Å²) in [6.45, 7) is 0. The third-order valence-electron chi connectivity index (χ3n) is 3.03. The molecule has 0 radical (unpaired) electrons. The number of ether oxygens (including phenoxy) is 1. The highest BCUT2D eigenvalue weighted by molar-refractivity contribution is 6.01. The van der Waals surface area contributed by atoms with E-state index in [1.165, 1.54) is 13.3 Å². The fourth-order valence-corrected chi connectivity index (χ4v) is 1.81. The lowest BCUT2D eigenvalue weighted by Gasteiger charge is -2.12. The van der Waals surface area contributed by atoms with E-state index in [9.17, 15) is 9.59 Å². The van der Waals surface area contributed by atoms with Crippen LogP contribution in [0, 0.1) is 0 Å². The summed E-state index contributed by atoms with van der Waals surface area (Å²) in [5.74, 6) is -1.08. The van der Waals surface area contributed by atoms with Crippen molar-refractivity contribution in [1.29, 1.82) is 0 Å². The number of nitrogen functional groups attached to an aromatic ring is 1. The zero-order valence-corrected chi connectivity index (χ0v) is 12.0. The first-order valence-electron chi connectivity index (χ1n) is 6.19. The molecule has 0 saturated carbocycles. The molecular formula is C14H16N4O3. The Labute approximate surface area is 121 Å². The number of carbonyl (C=O) groups is 2. The number of methoxy groups -OCH3 is 1. The van der Waals surface area contributed by atoms with Gasteiger partial charge in [0.05, 0.1) is 13.3 Å². The molecule has 0 aliphatic heterocycles. The smallest absolute Gasteiger partial charge is 0.343 e. The minimum atomic E-state index is -0.630. The van der Waals surface area contributed by atoms with Gasteiger partial charge in [0.1, 0.15) is 11.4 Å². The van der Waals surface area contributed by atoms with Crippen LogP contribution in [0.15, 0.2) is 30.5 Å². The summed E-state index contributed by atoms with van der Waals surface area (Å²) >= 11 is 0. The summed E-state index contributed by atoms with van der Waals surface area (Å²) in [4.78, 5) is 25.7. The predicted octanol–water partition coefficient (Wildman–Crippen LogP) is 1.01. The van der Waals surface area contributed by atoms with Crippen molar-refractivity contribution >= 4 is 23.4 Å². The van der Waals surface area contributed by atoms with Crippen LogP contribution in [0.5, 0.6) is 0 Å². The fraction of sp³-hybridized carbons (Fsp3) is 0.214. The summed E-state index contributed by atoms with van der Waals surface area (Å²) in [7, 11) is 5.05. The second kappa shape index (κ2) is 5.66. The van der Waals surface area contributed by atoms with Gasteiger partial charge in [0.25, 0.3) is 5.91 Å². The third kappa shape index (κ3) is 2.71. The maximum Gasteiger partial charge on any atom is 0.343 e. The van der Waals surface area contributed by atoms with Gasteiger partial charge in [-0.1, -0.05) is 0 Å². The first-order chi connectivity index (χ1) is 9.95. The van der Waals surface area contributed by atoms with E-state index < -0.39 is 11.9 Å². The number of rotatable bonds is 3. The summed E-state index contributed by atoms with van der Waals surface area (Å²) in [6, 6.07) is 6.98. The van der Waals surface area contributed by atoms with Gasteiger partial charge in [-0.2, -0.15) is 9.78 Å². The van der Waals surface area contributed by atoms with Crippen LogP contribution in [0.3, 0.4) is 0 Å². The molecule has 110 valence electrons. The average Bonchev–Trinajstić information content (AvgIpc) is 2.87. The molecule has 2 aromatic rings. The highest BCUT2D eigenvalue weighted by atomic mass is 16.5. The summed E-state index contributed by atoms with van der Waals surface area (Å²) in [5, 5.41) is 3.85. The summed E-state index contributed by atoms with van der Waals surface area (Å²) in [6.07, 6.45) is 1.22. The van der Waals surface area contributed by atoms with E-state index >= 15 is 0 Å². The van der Waals surface area contributed by atoms with Crippen LogP contribution in [0.2, 0.25) is 0 Å². The Hall–Kier alpha value is -2.83. The lowest BCUT2D eigenvalue weighted by molar-refractivity contribution is 0.0602. The number of benzene rings is 1. The molecule has 0 amide bonds. The first kappa shape index (κ1) is 14.6. The minimum absolute atomic E-state index is 0.0384. The highest BCUT2D eigenvalue weighted by Gasteiger charge is 2.20. The number of nitrogens with zero attached hydrogens (tertiary/aromatic N) is 3. The largest absolute Gasteiger partial charge is 0.465 e. The van der Waals surface area contributed by atoms with Gasteiger partial charge in [-0.3, -0.25) is 4.79 Å². The summed E-state index contributed by atoms with van der Waals surface area (Å²) in [5.41, 5.74) is 7.22. The number of aromatic nitrogens is 2. The second-order valence-corrected chi connectivity index (χ2v) is 4.59. The number of nitrogens with two attached hydrogens (primary N) is 1. The van der Waals surface area contributed by atoms with Gasteiger partial charge in [0, 0.05) is 25.3 Å². The van der Waals surface area contributed by atoms with Crippen LogP contribution in [0.4, 0.5) is 11.5 Å². The molecule has 0 aliphatic rings. The molecule has 7 heteroatoms. The maximum atomic E-state index is 12.3. The molecule has 0 bridgehead atoms. The molecule has 0 aliphatic carbocycles. The van der Waals surface area contributed by atoms with Gasteiger partial charge in [-0.05, 0) is 24.3 Å². The van der Waals surface area contributed by atoms with Gasteiger partial charge in [-0.15, -0.1) is 0 Å². The molecule has 1 aromatic carbocycles. The number of anilines is 2.